The Balaban J connectivity index is 1.62. The number of ether oxygens (including phenoxy) is 2. The van der Waals surface area contributed by atoms with Gasteiger partial charge in [0.25, 0.3) is 20.2 Å². The monoisotopic (exact) mass is 500 g/mol. The fourth-order valence-electron chi connectivity index (χ4n) is 2.69. The highest BCUT2D eigenvalue weighted by atomic mass is 32.2. The first kappa shape index (κ1) is 27.4. The van der Waals surface area contributed by atoms with E-state index in [4.69, 9.17) is 17.8 Å². The van der Waals surface area contributed by atoms with Crippen molar-refractivity contribution in [2.75, 3.05) is 39.6 Å². The molecule has 184 valence electrons. The average Bonchev–Trinajstić information content (AvgIpc) is 2.73. The zero-order valence-electron chi connectivity index (χ0n) is 19.4. The number of hydrogen-bond donors (Lipinski definition) is 0. The maximum Gasteiger partial charge on any atom is 0.297 e. The van der Waals surface area contributed by atoms with E-state index in [1.807, 2.05) is 27.7 Å². The number of benzene rings is 2. The molecule has 2 aromatic rings. The maximum absolute atomic E-state index is 12.1. The Morgan fingerprint density at radius 2 is 0.939 bits per heavy atom. The molecule has 2 rings (SSSR count). The van der Waals surface area contributed by atoms with Crippen molar-refractivity contribution in [3.63, 3.8) is 0 Å². The first-order valence-electron chi connectivity index (χ1n) is 10.5. The lowest BCUT2D eigenvalue weighted by Gasteiger charge is -2.24. The van der Waals surface area contributed by atoms with Gasteiger partial charge in [0.1, 0.15) is 0 Å². The summed E-state index contributed by atoms with van der Waals surface area (Å²) < 4.78 is 69.6. The van der Waals surface area contributed by atoms with Crippen LogP contribution >= 0.6 is 0 Å². The van der Waals surface area contributed by atoms with Crippen LogP contribution in [0.5, 0.6) is 0 Å². The van der Waals surface area contributed by atoms with Crippen molar-refractivity contribution in [3.8, 4) is 0 Å². The summed E-state index contributed by atoms with van der Waals surface area (Å²) in [6.07, 6.45) is 0. The summed E-state index contributed by atoms with van der Waals surface area (Å²) in [6, 6.07) is 12.8. The summed E-state index contributed by atoms with van der Waals surface area (Å²) in [6.45, 7) is 8.21. The normalized spacial score (nSPS) is 12.7. The van der Waals surface area contributed by atoms with E-state index in [1.54, 1.807) is 24.3 Å². The van der Waals surface area contributed by atoms with Crippen molar-refractivity contribution in [1.82, 2.24) is 0 Å². The maximum atomic E-state index is 12.1. The third-order valence-electron chi connectivity index (χ3n) is 4.54. The summed E-state index contributed by atoms with van der Waals surface area (Å²) in [5, 5.41) is 0. The van der Waals surface area contributed by atoms with Crippen LogP contribution in [0.4, 0.5) is 0 Å². The van der Waals surface area contributed by atoms with Gasteiger partial charge in [-0.3, -0.25) is 8.37 Å². The molecule has 0 N–H and O–H groups in total. The van der Waals surface area contributed by atoms with Crippen LogP contribution < -0.4 is 0 Å². The topological polar surface area (TPSA) is 105 Å². The zero-order chi connectivity index (χ0) is 24.5. The zero-order valence-corrected chi connectivity index (χ0v) is 21.1. The molecule has 0 radical (unpaired) electrons. The molecule has 0 saturated heterocycles. The first-order chi connectivity index (χ1) is 15.4. The van der Waals surface area contributed by atoms with Gasteiger partial charge in [0.05, 0.1) is 49.4 Å². The summed E-state index contributed by atoms with van der Waals surface area (Å²) in [5.41, 5.74) is 1.55. The lowest BCUT2D eigenvalue weighted by atomic mass is 9.96. The van der Waals surface area contributed by atoms with Crippen LogP contribution in [0, 0.1) is 19.3 Å². The average molecular weight is 501 g/mol. The van der Waals surface area contributed by atoms with Gasteiger partial charge in [0.15, 0.2) is 0 Å². The van der Waals surface area contributed by atoms with Crippen LogP contribution in [0.2, 0.25) is 0 Å². The predicted molar refractivity (Wildman–Crippen MR) is 124 cm³/mol. The second-order valence-corrected chi connectivity index (χ2v) is 11.7. The molecule has 0 aromatic heterocycles. The molecule has 0 heterocycles. The molecule has 0 aliphatic rings. The van der Waals surface area contributed by atoms with Crippen molar-refractivity contribution < 1.29 is 34.7 Å². The minimum absolute atomic E-state index is 0.0993. The van der Waals surface area contributed by atoms with E-state index in [0.717, 1.165) is 11.1 Å². The minimum atomic E-state index is -3.82. The Hall–Kier alpha value is -1.82. The Labute approximate surface area is 197 Å². The number of aryl methyl sites for hydroxylation is 2. The third kappa shape index (κ3) is 9.52. The molecule has 0 atom stereocenters. The molecule has 2 aromatic carbocycles. The fourth-order valence-corrected chi connectivity index (χ4v) is 4.48. The van der Waals surface area contributed by atoms with Crippen molar-refractivity contribution in [1.29, 1.82) is 0 Å². The van der Waals surface area contributed by atoms with E-state index >= 15 is 0 Å². The molecule has 0 fully saturated rings. The molecule has 33 heavy (non-hydrogen) atoms. The van der Waals surface area contributed by atoms with E-state index in [-0.39, 0.29) is 41.6 Å². The Morgan fingerprint density at radius 1 is 0.606 bits per heavy atom. The molecule has 8 nitrogen and oxygen atoms in total. The molecule has 10 heteroatoms. The van der Waals surface area contributed by atoms with Crippen LogP contribution in [0.1, 0.15) is 25.0 Å². The van der Waals surface area contributed by atoms with E-state index in [2.05, 4.69) is 0 Å². The van der Waals surface area contributed by atoms with Gasteiger partial charge in [-0.1, -0.05) is 49.2 Å². The Morgan fingerprint density at radius 3 is 1.27 bits per heavy atom. The number of hydrogen-bond acceptors (Lipinski definition) is 8. The highest BCUT2D eigenvalue weighted by molar-refractivity contribution is 7.87. The van der Waals surface area contributed by atoms with Crippen LogP contribution in [0.15, 0.2) is 58.3 Å². The van der Waals surface area contributed by atoms with Crippen LogP contribution in [-0.2, 0) is 38.1 Å². The summed E-state index contributed by atoms with van der Waals surface area (Å²) in [7, 11) is -7.63. The van der Waals surface area contributed by atoms with Crippen LogP contribution in [-0.4, -0.2) is 56.5 Å². The fraction of sp³-hybridized carbons (Fsp3) is 0.478. The second-order valence-electron chi connectivity index (χ2n) is 8.45. The van der Waals surface area contributed by atoms with Gasteiger partial charge in [-0.05, 0) is 38.1 Å². The van der Waals surface area contributed by atoms with Gasteiger partial charge < -0.3 is 9.47 Å². The van der Waals surface area contributed by atoms with Gasteiger partial charge in [-0.25, -0.2) is 0 Å². The van der Waals surface area contributed by atoms with E-state index < -0.39 is 20.2 Å². The van der Waals surface area contributed by atoms with Crippen molar-refractivity contribution in [2.24, 2.45) is 5.41 Å². The van der Waals surface area contributed by atoms with Crippen molar-refractivity contribution >= 4 is 20.2 Å². The largest absolute Gasteiger partial charge is 0.378 e. The van der Waals surface area contributed by atoms with E-state index in [9.17, 15) is 16.8 Å². The van der Waals surface area contributed by atoms with Crippen LogP contribution in [0.25, 0.3) is 0 Å². The lowest BCUT2D eigenvalue weighted by Crippen LogP contribution is -2.27. The predicted octanol–water partition coefficient (Wildman–Crippen LogP) is 3.47. The lowest BCUT2D eigenvalue weighted by molar-refractivity contribution is -0.0148. The molecule has 0 unspecified atom stereocenters. The van der Waals surface area contributed by atoms with Gasteiger partial charge in [0, 0.05) is 5.41 Å². The molecule has 0 amide bonds. The first-order valence-corrected chi connectivity index (χ1v) is 13.3. The molecule has 0 bridgehead atoms. The quantitative estimate of drug-likeness (QED) is 0.287. The number of rotatable bonds is 14. The highest BCUT2D eigenvalue weighted by Gasteiger charge is 2.20. The second kappa shape index (κ2) is 12.0. The molecular formula is C23H32O8S2. The Bertz CT molecular complexity index is 987. The smallest absolute Gasteiger partial charge is 0.297 e. The van der Waals surface area contributed by atoms with Gasteiger partial charge in [-0.15, -0.1) is 0 Å². The van der Waals surface area contributed by atoms with E-state index in [0.29, 0.717) is 13.2 Å². The minimum Gasteiger partial charge on any atom is -0.378 e. The summed E-state index contributed by atoms with van der Waals surface area (Å²) in [5.74, 6) is 0. The molecular weight excluding hydrogens is 468 g/mol. The van der Waals surface area contributed by atoms with Crippen molar-refractivity contribution in [2.45, 2.75) is 37.5 Å². The van der Waals surface area contributed by atoms with Gasteiger partial charge in [-0.2, -0.15) is 16.8 Å². The standard InChI is InChI=1S/C23H32O8S2/c1-19-5-9-21(10-6-19)32(24,25)30-15-13-28-17-23(3,4)18-29-14-16-31-33(26,27)22-11-7-20(2)8-12-22/h5-12H,13-18H2,1-4H3. The SMILES string of the molecule is Cc1ccc(S(=O)(=O)OCCOCC(C)(C)COCCOS(=O)(=O)c2ccc(C)cc2)cc1. The Kier molecular flexibility index (Phi) is 10.0. The van der Waals surface area contributed by atoms with Crippen molar-refractivity contribution in [3.05, 3.63) is 59.7 Å². The molecule has 0 saturated carbocycles. The van der Waals surface area contributed by atoms with E-state index in [1.165, 1.54) is 24.3 Å². The van der Waals surface area contributed by atoms with Gasteiger partial charge in [0.2, 0.25) is 0 Å². The molecule has 0 spiro atoms. The van der Waals surface area contributed by atoms with Gasteiger partial charge >= 0.3 is 0 Å². The molecule has 0 aliphatic heterocycles. The summed E-state index contributed by atoms with van der Waals surface area (Å²) in [4.78, 5) is 0.210. The third-order valence-corrected chi connectivity index (χ3v) is 7.19. The highest BCUT2D eigenvalue weighted by Crippen LogP contribution is 2.17. The van der Waals surface area contributed by atoms with Crippen LogP contribution in [0.3, 0.4) is 0 Å². The summed E-state index contributed by atoms with van der Waals surface area (Å²) >= 11 is 0. The molecule has 0 aliphatic carbocycles.